The van der Waals surface area contributed by atoms with E-state index in [2.05, 4.69) is 5.32 Å². The van der Waals surface area contributed by atoms with Crippen LogP contribution in [0.15, 0.2) is 18.2 Å². The van der Waals surface area contributed by atoms with Gasteiger partial charge in [-0.25, -0.2) is 13.2 Å². The molecule has 1 aromatic carbocycles. The normalized spacial score (nSPS) is 21.8. The topological polar surface area (TPSA) is 117 Å². The van der Waals surface area contributed by atoms with Crippen LogP contribution in [0.5, 0.6) is 5.75 Å². The number of carbonyl (C=O) groups is 2. The second kappa shape index (κ2) is 12.7. The third kappa shape index (κ3) is 8.95. The molecule has 1 heterocycles. The van der Waals surface area contributed by atoms with E-state index in [1.807, 2.05) is 18.6 Å². The Morgan fingerprint density at radius 3 is 2.51 bits per heavy atom. The summed E-state index contributed by atoms with van der Waals surface area (Å²) in [5.74, 6) is -2.68. The number of sulfonamides is 1. The molecule has 14 heteroatoms. The summed E-state index contributed by atoms with van der Waals surface area (Å²) in [5, 5.41) is 2.86. The van der Waals surface area contributed by atoms with Crippen LogP contribution in [0.2, 0.25) is 0 Å². The smallest absolute Gasteiger partial charge is 0.404 e. The van der Waals surface area contributed by atoms with Gasteiger partial charge >= 0.3 is 12.2 Å². The first-order chi connectivity index (χ1) is 17.2. The molecule has 10 nitrogen and oxygen atoms in total. The minimum Gasteiger partial charge on any atom is -0.491 e. The zero-order valence-corrected chi connectivity index (χ0v) is 22.4. The van der Waals surface area contributed by atoms with Crippen molar-refractivity contribution in [3.05, 3.63) is 23.8 Å². The van der Waals surface area contributed by atoms with Gasteiger partial charge in [0.25, 0.3) is 5.91 Å². The molecular weight excluding hydrogens is 517 g/mol. The third-order valence-corrected chi connectivity index (χ3v) is 7.11. The van der Waals surface area contributed by atoms with Gasteiger partial charge in [-0.1, -0.05) is 13.8 Å². The highest BCUT2D eigenvalue weighted by molar-refractivity contribution is 7.92. The number of carbonyl (C=O) groups excluding carboxylic acids is 2. The molecule has 0 aliphatic carbocycles. The minimum absolute atomic E-state index is 0.00700. The second-order valence-corrected chi connectivity index (χ2v) is 10.9. The molecule has 1 aromatic rings. The highest BCUT2D eigenvalue weighted by Gasteiger charge is 2.35. The van der Waals surface area contributed by atoms with Gasteiger partial charge in [0.2, 0.25) is 10.0 Å². The number of urea groups is 1. The lowest BCUT2D eigenvalue weighted by atomic mass is 10.0. The summed E-state index contributed by atoms with van der Waals surface area (Å²) in [4.78, 5) is 29.2. The summed E-state index contributed by atoms with van der Waals surface area (Å²) in [5.41, 5.74) is -0.266. The van der Waals surface area contributed by atoms with Crippen molar-refractivity contribution < 1.29 is 40.7 Å². The van der Waals surface area contributed by atoms with Crippen LogP contribution in [0.4, 0.5) is 23.7 Å². The van der Waals surface area contributed by atoms with Crippen LogP contribution >= 0.6 is 0 Å². The van der Waals surface area contributed by atoms with Crippen molar-refractivity contribution in [2.45, 2.75) is 45.5 Å². The average molecular weight is 553 g/mol. The summed E-state index contributed by atoms with van der Waals surface area (Å²) < 4.78 is 75.2. The van der Waals surface area contributed by atoms with Gasteiger partial charge in [-0.2, -0.15) is 13.2 Å². The molecule has 3 amide bonds. The van der Waals surface area contributed by atoms with E-state index < -0.39 is 40.0 Å². The molecule has 1 aliphatic rings. The maximum absolute atomic E-state index is 13.3. The Hall–Kier alpha value is -2.74. The van der Waals surface area contributed by atoms with Gasteiger partial charge in [-0.05, 0) is 31.5 Å². The highest BCUT2D eigenvalue weighted by Crippen LogP contribution is 2.28. The molecule has 37 heavy (non-hydrogen) atoms. The van der Waals surface area contributed by atoms with Crippen LogP contribution < -0.4 is 14.8 Å². The van der Waals surface area contributed by atoms with Crippen molar-refractivity contribution in [3.8, 4) is 5.75 Å². The van der Waals surface area contributed by atoms with Gasteiger partial charge in [-0.15, -0.1) is 0 Å². The second-order valence-electron chi connectivity index (χ2n) is 9.17. The van der Waals surface area contributed by atoms with E-state index in [0.717, 1.165) is 12.5 Å². The number of alkyl halides is 3. The molecule has 0 radical (unpaired) electrons. The number of nitrogens with zero attached hydrogens (tertiary/aromatic N) is 2. The van der Waals surface area contributed by atoms with E-state index in [9.17, 15) is 31.2 Å². The lowest BCUT2D eigenvalue weighted by molar-refractivity contribution is -0.106. The van der Waals surface area contributed by atoms with Crippen molar-refractivity contribution in [3.63, 3.8) is 0 Å². The maximum atomic E-state index is 13.3. The van der Waals surface area contributed by atoms with Gasteiger partial charge in [0, 0.05) is 45.4 Å². The summed E-state index contributed by atoms with van der Waals surface area (Å²) in [6, 6.07) is 2.97. The van der Waals surface area contributed by atoms with Crippen molar-refractivity contribution >= 4 is 27.6 Å². The SMILES string of the molecule is CCCNC(=O)N1C[C@H](C)[C@@H](OC)CN(C)C(=O)c2cc(NS(=O)(=O)CC(F)(F)F)ccc2OC[C@H]1C. The molecule has 0 spiro atoms. The summed E-state index contributed by atoms with van der Waals surface area (Å²) >= 11 is 0. The van der Waals surface area contributed by atoms with E-state index in [4.69, 9.17) is 9.47 Å². The molecule has 2 rings (SSSR count). The molecule has 0 bridgehead atoms. The number of ether oxygens (including phenoxy) is 2. The molecule has 0 fully saturated rings. The van der Waals surface area contributed by atoms with E-state index in [1.165, 1.54) is 31.2 Å². The lowest BCUT2D eigenvalue weighted by Gasteiger charge is -2.36. The number of likely N-dealkylation sites (N-methyl/N-ethyl adjacent to an activating group) is 1. The van der Waals surface area contributed by atoms with Crippen molar-refractivity contribution in [1.82, 2.24) is 15.1 Å². The van der Waals surface area contributed by atoms with Crippen LogP contribution in [0.1, 0.15) is 37.6 Å². The first kappa shape index (κ1) is 30.5. The number of fused-ring (bicyclic) bond motifs is 1. The van der Waals surface area contributed by atoms with Crippen LogP contribution in [-0.2, 0) is 14.8 Å². The molecule has 1 aliphatic heterocycles. The molecule has 0 aromatic heterocycles. The van der Waals surface area contributed by atoms with Gasteiger partial charge in [0.1, 0.15) is 12.4 Å². The van der Waals surface area contributed by atoms with Crippen LogP contribution in [0.3, 0.4) is 0 Å². The number of amides is 3. The molecule has 210 valence electrons. The molecule has 0 saturated heterocycles. The average Bonchev–Trinajstić information content (AvgIpc) is 2.79. The van der Waals surface area contributed by atoms with Gasteiger partial charge in [0.05, 0.1) is 17.7 Å². The fourth-order valence-electron chi connectivity index (χ4n) is 3.89. The predicted molar refractivity (Wildman–Crippen MR) is 132 cm³/mol. The number of methoxy groups -OCH3 is 1. The standard InChI is InChI=1S/C23H35F3N4O6S/c1-6-9-27-22(32)30-11-15(2)20(35-5)12-29(4)21(31)18-10-17(7-8-19(18)36-13-16(30)3)28-37(33,34)14-23(24,25)26/h7-8,10,15-16,20,28H,6,9,11-14H2,1-5H3,(H,27,32)/t15-,16+,20-/m0/s1. The Balaban J connectivity index is 2.44. The van der Waals surface area contributed by atoms with Gasteiger partial charge in [-0.3, -0.25) is 9.52 Å². The molecule has 2 N–H and O–H groups in total. The first-order valence-corrected chi connectivity index (χ1v) is 13.5. The summed E-state index contributed by atoms with van der Waals surface area (Å²) in [6.45, 7) is 6.61. The Bertz CT molecular complexity index is 1050. The molecule has 0 unspecified atom stereocenters. The summed E-state index contributed by atoms with van der Waals surface area (Å²) in [7, 11) is -1.73. The monoisotopic (exact) mass is 552 g/mol. The van der Waals surface area contributed by atoms with Crippen molar-refractivity contribution in [1.29, 1.82) is 0 Å². The van der Waals surface area contributed by atoms with E-state index >= 15 is 0 Å². The number of hydrogen-bond donors (Lipinski definition) is 2. The Morgan fingerprint density at radius 1 is 1.24 bits per heavy atom. The number of rotatable bonds is 6. The fraction of sp³-hybridized carbons (Fsp3) is 0.652. The molecule has 0 saturated carbocycles. The van der Waals surface area contributed by atoms with Crippen LogP contribution in [0.25, 0.3) is 0 Å². The van der Waals surface area contributed by atoms with Gasteiger partial charge in [0.15, 0.2) is 5.75 Å². The van der Waals surface area contributed by atoms with E-state index in [1.54, 1.807) is 11.8 Å². The maximum Gasteiger partial charge on any atom is 0.404 e. The largest absolute Gasteiger partial charge is 0.491 e. The van der Waals surface area contributed by atoms with E-state index in [-0.39, 0.29) is 42.1 Å². The Morgan fingerprint density at radius 2 is 1.92 bits per heavy atom. The summed E-state index contributed by atoms with van der Waals surface area (Å²) in [6.07, 6.45) is -4.62. The van der Waals surface area contributed by atoms with Crippen LogP contribution in [0, 0.1) is 5.92 Å². The number of hydrogen-bond acceptors (Lipinski definition) is 6. The number of halogens is 3. The van der Waals surface area contributed by atoms with Crippen LogP contribution in [-0.4, -0.2) is 94.6 Å². The Kier molecular flexibility index (Phi) is 10.4. The zero-order chi connectivity index (χ0) is 28.0. The predicted octanol–water partition coefficient (Wildman–Crippen LogP) is 2.92. The molecule has 3 atom stereocenters. The lowest BCUT2D eigenvalue weighted by Crippen LogP contribution is -2.51. The highest BCUT2D eigenvalue weighted by atomic mass is 32.2. The fourth-order valence-corrected chi connectivity index (χ4v) is 4.88. The number of nitrogens with one attached hydrogen (secondary N) is 2. The van der Waals surface area contributed by atoms with Crippen molar-refractivity contribution in [2.75, 3.05) is 50.9 Å². The zero-order valence-electron chi connectivity index (χ0n) is 21.6. The van der Waals surface area contributed by atoms with E-state index in [0.29, 0.717) is 13.1 Å². The van der Waals surface area contributed by atoms with Gasteiger partial charge < -0.3 is 24.6 Å². The Labute approximate surface area is 215 Å². The third-order valence-electron chi connectivity index (χ3n) is 5.86. The first-order valence-electron chi connectivity index (χ1n) is 11.8. The molecular formula is C23H35F3N4O6S. The number of anilines is 1. The quantitative estimate of drug-likeness (QED) is 0.561. The number of benzene rings is 1. The van der Waals surface area contributed by atoms with Crippen molar-refractivity contribution in [2.24, 2.45) is 5.92 Å². The minimum atomic E-state index is -4.93.